The number of anilines is 1. The second-order valence-corrected chi connectivity index (χ2v) is 7.96. The molecule has 4 nitrogen and oxygen atoms in total. The molecule has 0 unspecified atom stereocenters. The zero-order valence-electron chi connectivity index (χ0n) is 15.3. The van der Waals surface area contributed by atoms with E-state index in [4.69, 9.17) is 9.31 Å². The maximum Gasteiger partial charge on any atom is 0.494 e. The summed E-state index contributed by atoms with van der Waals surface area (Å²) in [6.45, 7) is 13.9. The van der Waals surface area contributed by atoms with Gasteiger partial charge in [-0.2, -0.15) is 0 Å². The molecule has 126 valence electrons. The summed E-state index contributed by atoms with van der Waals surface area (Å²) in [5.41, 5.74) is 1.80. The van der Waals surface area contributed by atoms with Crippen LogP contribution in [0.5, 0.6) is 0 Å². The van der Waals surface area contributed by atoms with Crippen LogP contribution >= 0.6 is 0 Å². The molecule has 0 aliphatic carbocycles. The summed E-state index contributed by atoms with van der Waals surface area (Å²) in [4.78, 5) is 4.87. The van der Waals surface area contributed by atoms with E-state index in [0.717, 1.165) is 25.1 Å². The van der Waals surface area contributed by atoms with Gasteiger partial charge in [-0.25, -0.2) is 0 Å². The largest absolute Gasteiger partial charge is 0.494 e. The Morgan fingerprint density at radius 3 is 2.09 bits per heavy atom. The van der Waals surface area contributed by atoms with Gasteiger partial charge in [0.25, 0.3) is 0 Å². The van der Waals surface area contributed by atoms with Crippen molar-refractivity contribution >= 4 is 18.3 Å². The fraction of sp³-hybridized carbons (Fsp3) is 0.667. The van der Waals surface area contributed by atoms with Crippen molar-refractivity contribution in [3.63, 3.8) is 0 Å². The summed E-state index contributed by atoms with van der Waals surface area (Å²) < 4.78 is 12.2. The van der Waals surface area contributed by atoms with E-state index in [1.165, 1.54) is 5.69 Å². The summed E-state index contributed by atoms with van der Waals surface area (Å²) in [5.74, 6) is 0. The molecule has 0 radical (unpaired) electrons. The number of benzene rings is 1. The van der Waals surface area contributed by atoms with Crippen molar-refractivity contribution in [1.82, 2.24) is 4.90 Å². The highest BCUT2D eigenvalue weighted by Crippen LogP contribution is 2.36. The standard InChI is InChI=1S/C18H29BN2O2/c1-14-13-21(12-11-20(14)6)16-9-7-15(8-10-16)19-22-17(2,3)18(4,5)23-19/h7-10,14H,11-13H2,1-6H3/t14-/m1/s1. The highest BCUT2D eigenvalue weighted by Gasteiger charge is 2.51. The quantitative estimate of drug-likeness (QED) is 0.781. The first-order chi connectivity index (χ1) is 10.7. The topological polar surface area (TPSA) is 24.9 Å². The second-order valence-electron chi connectivity index (χ2n) is 7.96. The second kappa shape index (κ2) is 5.80. The Morgan fingerprint density at radius 2 is 1.57 bits per heavy atom. The van der Waals surface area contributed by atoms with E-state index in [-0.39, 0.29) is 18.3 Å². The van der Waals surface area contributed by atoms with Crippen LogP contribution in [0.3, 0.4) is 0 Å². The van der Waals surface area contributed by atoms with E-state index >= 15 is 0 Å². The molecule has 3 rings (SSSR count). The van der Waals surface area contributed by atoms with Gasteiger partial charge in [-0.1, -0.05) is 12.1 Å². The molecule has 0 aromatic heterocycles. The Bertz CT molecular complexity index is 543. The van der Waals surface area contributed by atoms with E-state index < -0.39 is 0 Å². The van der Waals surface area contributed by atoms with Gasteiger partial charge in [-0.05, 0) is 59.3 Å². The maximum absolute atomic E-state index is 6.12. The average Bonchev–Trinajstić information content (AvgIpc) is 2.71. The smallest absolute Gasteiger partial charge is 0.399 e. The Balaban J connectivity index is 1.71. The molecule has 0 spiro atoms. The zero-order chi connectivity index (χ0) is 16.8. The van der Waals surface area contributed by atoms with E-state index in [1.807, 2.05) is 0 Å². The highest BCUT2D eigenvalue weighted by atomic mass is 16.7. The SMILES string of the molecule is C[C@@H]1CN(c2ccc(B3OC(C)(C)C(C)(C)O3)cc2)CCN1C. The van der Waals surface area contributed by atoms with Gasteiger partial charge in [-0.15, -0.1) is 0 Å². The normalized spacial score (nSPS) is 27.5. The lowest BCUT2D eigenvalue weighted by molar-refractivity contribution is 0.00578. The predicted octanol–water partition coefficient (Wildman–Crippen LogP) is 2.13. The average molecular weight is 316 g/mol. The fourth-order valence-electron chi connectivity index (χ4n) is 3.10. The number of hydrogen-bond donors (Lipinski definition) is 0. The minimum absolute atomic E-state index is 0.277. The van der Waals surface area contributed by atoms with Crippen LogP contribution in [0.15, 0.2) is 24.3 Å². The maximum atomic E-state index is 6.12. The van der Waals surface area contributed by atoms with Gasteiger partial charge in [0.2, 0.25) is 0 Å². The molecule has 2 heterocycles. The molecule has 2 aliphatic rings. The van der Waals surface area contributed by atoms with Crippen molar-refractivity contribution in [2.24, 2.45) is 0 Å². The molecule has 0 amide bonds. The van der Waals surface area contributed by atoms with E-state index in [0.29, 0.717) is 6.04 Å². The lowest BCUT2D eigenvalue weighted by Crippen LogP contribution is -2.50. The third-order valence-electron chi connectivity index (χ3n) is 5.74. The van der Waals surface area contributed by atoms with Crippen molar-refractivity contribution in [2.75, 3.05) is 31.6 Å². The van der Waals surface area contributed by atoms with E-state index in [9.17, 15) is 0 Å². The third-order valence-corrected chi connectivity index (χ3v) is 5.74. The molecule has 2 saturated heterocycles. The van der Waals surface area contributed by atoms with Crippen LogP contribution < -0.4 is 10.4 Å². The lowest BCUT2D eigenvalue weighted by atomic mass is 9.79. The van der Waals surface area contributed by atoms with Gasteiger partial charge in [0.15, 0.2) is 0 Å². The molecule has 0 bridgehead atoms. The van der Waals surface area contributed by atoms with Gasteiger partial charge < -0.3 is 19.1 Å². The zero-order valence-corrected chi connectivity index (χ0v) is 15.3. The Morgan fingerprint density at radius 1 is 1.00 bits per heavy atom. The van der Waals surface area contributed by atoms with E-state index in [2.05, 4.69) is 75.7 Å². The van der Waals surface area contributed by atoms with Crippen molar-refractivity contribution < 1.29 is 9.31 Å². The lowest BCUT2D eigenvalue weighted by Gasteiger charge is -2.39. The Hall–Kier alpha value is -1.04. The molecule has 0 N–H and O–H groups in total. The monoisotopic (exact) mass is 316 g/mol. The summed E-state index contributed by atoms with van der Waals surface area (Å²) in [6, 6.07) is 9.25. The minimum atomic E-state index is -0.288. The van der Waals surface area contributed by atoms with Crippen LogP contribution in [0.4, 0.5) is 5.69 Å². The first-order valence-electron chi connectivity index (χ1n) is 8.60. The van der Waals surface area contributed by atoms with Crippen LogP contribution in [-0.2, 0) is 9.31 Å². The Kier molecular flexibility index (Phi) is 4.24. The van der Waals surface area contributed by atoms with Gasteiger partial charge in [-0.3, -0.25) is 0 Å². The van der Waals surface area contributed by atoms with Crippen LogP contribution in [-0.4, -0.2) is 55.9 Å². The summed E-state index contributed by atoms with van der Waals surface area (Å²) in [7, 11) is 1.92. The van der Waals surface area contributed by atoms with Gasteiger partial charge in [0.1, 0.15) is 0 Å². The predicted molar refractivity (Wildman–Crippen MR) is 96.5 cm³/mol. The van der Waals surface area contributed by atoms with Crippen LogP contribution in [0.2, 0.25) is 0 Å². The molecule has 2 aliphatic heterocycles. The number of likely N-dealkylation sites (N-methyl/N-ethyl adjacent to an activating group) is 1. The fourth-order valence-corrected chi connectivity index (χ4v) is 3.10. The molecular weight excluding hydrogens is 287 g/mol. The van der Waals surface area contributed by atoms with Crippen molar-refractivity contribution in [3.8, 4) is 0 Å². The molecule has 5 heteroatoms. The van der Waals surface area contributed by atoms with Crippen molar-refractivity contribution in [1.29, 1.82) is 0 Å². The number of hydrogen-bond acceptors (Lipinski definition) is 4. The molecular formula is C18H29BN2O2. The number of piperazine rings is 1. The third kappa shape index (κ3) is 3.15. The molecule has 0 saturated carbocycles. The summed E-state index contributed by atoms with van der Waals surface area (Å²) in [5, 5.41) is 0. The molecule has 1 atom stereocenters. The van der Waals surface area contributed by atoms with Gasteiger partial charge in [0.05, 0.1) is 11.2 Å². The molecule has 23 heavy (non-hydrogen) atoms. The molecule has 1 aromatic carbocycles. The van der Waals surface area contributed by atoms with Crippen molar-refractivity contribution in [2.45, 2.75) is 51.9 Å². The van der Waals surface area contributed by atoms with E-state index in [1.54, 1.807) is 0 Å². The van der Waals surface area contributed by atoms with Crippen molar-refractivity contribution in [3.05, 3.63) is 24.3 Å². The van der Waals surface area contributed by atoms with Gasteiger partial charge >= 0.3 is 7.12 Å². The molecule has 1 aromatic rings. The summed E-state index contributed by atoms with van der Waals surface area (Å²) in [6.07, 6.45) is 0. The first kappa shape index (κ1) is 16.8. The van der Waals surface area contributed by atoms with Crippen LogP contribution in [0.1, 0.15) is 34.6 Å². The summed E-state index contributed by atoms with van der Waals surface area (Å²) >= 11 is 0. The Labute approximate surface area is 140 Å². The number of rotatable bonds is 2. The number of nitrogens with zero attached hydrogens (tertiary/aromatic N) is 2. The highest BCUT2D eigenvalue weighted by molar-refractivity contribution is 6.62. The molecule has 2 fully saturated rings. The van der Waals surface area contributed by atoms with Gasteiger partial charge in [0, 0.05) is 31.4 Å². The first-order valence-corrected chi connectivity index (χ1v) is 8.60. The van der Waals surface area contributed by atoms with Crippen LogP contribution in [0, 0.1) is 0 Å². The minimum Gasteiger partial charge on any atom is -0.399 e. The van der Waals surface area contributed by atoms with Crippen LogP contribution in [0.25, 0.3) is 0 Å².